The molecular formula is C13H20N2O2. The normalized spacial score (nSPS) is 19.9. The van der Waals surface area contributed by atoms with Crippen molar-refractivity contribution in [2.24, 2.45) is 0 Å². The van der Waals surface area contributed by atoms with Gasteiger partial charge < -0.3 is 14.8 Å². The Labute approximate surface area is 102 Å². The zero-order valence-electron chi connectivity index (χ0n) is 10.3. The molecule has 94 valence electrons. The Bertz CT molecular complexity index is 338. The van der Waals surface area contributed by atoms with Crippen molar-refractivity contribution in [3.8, 4) is 5.88 Å². The van der Waals surface area contributed by atoms with Gasteiger partial charge in [-0.15, -0.1) is 0 Å². The van der Waals surface area contributed by atoms with Gasteiger partial charge in [0.2, 0.25) is 5.88 Å². The molecule has 1 aliphatic heterocycles. The summed E-state index contributed by atoms with van der Waals surface area (Å²) in [6.45, 7) is 1.85. The number of nitrogens with zero attached hydrogens (tertiary/aromatic N) is 1. The van der Waals surface area contributed by atoms with Crippen LogP contribution in [0.3, 0.4) is 0 Å². The highest BCUT2D eigenvalue weighted by Gasteiger charge is 2.12. The van der Waals surface area contributed by atoms with E-state index in [4.69, 9.17) is 9.47 Å². The fourth-order valence-corrected chi connectivity index (χ4v) is 2.04. The second kappa shape index (κ2) is 6.45. The third-order valence-electron chi connectivity index (χ3n) is 3.01. The average Bonchev–Trinajstić information content (AvgIpc) is 2.40. The summed E-state index contributed by atoms with van der Waals surface area (Å²) in [6.07, 6.45) is 6.95. The van der Waals surface area contributed by atoms with Crippen LogP contribution in [0.1, 0.15) is 25.7 Å². The lowest BCUT2D eigenvalue weighted by atomic mass is 10.1. The molecule has 0 amide bonds. The minimum Gasteiger partial charge on any atom is -0.481 e. The summed E-state index contributed by atoms with van der Waals surface area (Å²) in [5.41, 5.74) is 1.05. The summed E-state index contributed by atoms with van der Waals surface area (Å²) in [5.74, 6) is 0.643. The van der Waals surface area contributed by atoms with Crippen LogP contribution >= 0.6 is 0 Å². The summed E-state index contributed by atoms with van der Waals surface area (Å²) in [6, 6.07) is 3.85. The third-order valence-corrected chi connectivity index (χ3v) is 3.01. The molecular weight excluding hydrogens is 216 g/mol. The smallest absolute Gasteiger partial charge is 0.214 e. The van der Waals surface area contributed by atoms with Crippen LogP contribution in [0.15, 0.2) is 18.3 Å². The van der Waals surface area contributed by atoms with E-state index in [-0.39, 0.29) is 0 Å². The van der Waals surface area contributed by atoms with Gasteiger partial charge >= 0.3 is 0 Å². The van der Waals surface area contributed by atoms with Crippen LogP contribution in [-0.2, 0) is 4.74 Å². The molecule has 17 heavy (non-hydrogen) atoms. The van der Waals surface area contributed by atoms with E-state index in [0.29, 0.717) is 12.0 Å². The van der Waals surface area contributed by atoms with Gasteiger partial charge in [0.05, 0.1) is 13.2 Å². The van der Waals surface area contributed by atoms with Gasteiger partial charge in [-0.05, 0) is 31.7 Å². The molecule has 2 rings (SSSR count). The highest BCUT2D eigenvalue weighted by molar-refractivity contribution is 5.44. The molecule has 0 saturated carbocycles. The monoisotopic (exact) mass is 236 g/mol. The largest absolute Gasteiger partial charge is 0.481 e. The highest BCUT2D eigenvalue weighted by atomic mass is 16.5. The Hall–Kier alpha value is -1.29. The highest BCUT2D eigenvalue weighted by Crippen LogP contribution is 2.17. The second-order valence-corrected chi connectivity index (χ2v) is 4.29. The summed E-state index contributed by atoms with van der Waals surface area (Å²) >= 11 is 0. The number of pyridine rings is 1. The van der Waals surface area contributed by atoms with Crippen molar-refractivity contribution in [3.63, 3.8) is 0 Å². The fourth-order valence-electron chi connectivity index (χ4n) is 2.04. The predicted octanol–water partition coefficient (Wildman–Crippen LogP) is 2.46. The van der Waals surface area contributed by atoms with E-state index in [1.807, 2.05) is 12.1 Å². The molecule has 0 spiro atoms. The lowest BCUT2D eigenvalue weighted by Gasteiger charge is -2.22. The van der Waals surface area contributed by atoms with Crippen molar-refractivity contribution >= 4 is 5.69 Å². The molecule has 4 heteroatoms. The van der Waals surface area contributed by atoms with Gasteiger partial charge in [0.25, 0.3) is 0 Å². The van der Waals surface area contributed by atoms with E-state index >= 15 is 0 Å². The molecule has 1 aromatic heterocycles. The number of nitrogens with one attached hydrogen (secondary N) is 1. The third kappa shape index (κ3) is 3.89. The molecule has 0 bridgehead atoms. The van der Waals surface area contributed by atoms with E-state index in [2.05, 4.69) is 10.3 Å². The summed E-state index contributed by atoms with van der Waals surface area (Å²) in [7, 11) is 1.63. The van der Waals surface area contributed by atoms with Gasteiger partial charge in [0, 0.05) is 31.1 Å². The van der Waals surface area contributed by atoms with Crippen LogP contribution in [0.5, 0.6) is 5.88 Å². The molecule has 0 aromatic carbocycles. The van der Waals surface area contributed by atoms with Crippen LogP contribution in [0.2, 0.25) is 0 Å². The molecule has 1 saturated heterocycles. The maximum atomic E-state index is 5.68. The maximum absolute atomic E-state index is 5.68. The average molecular weight is 236 g/mol. The number of ether oxygens (including phenoxy) is 2. The van der Waals surface area contributed by atoms with Crippen molar-refractivity contribution in [2.75, 3.05) is 25.6 Å². The summed E-state index contributed by atoms with van der Waals surface area (Å²) in [4.78, 5) is 4.07. The lowest BCUT2D eigenvalue weighted by molar-refractivity contribution is 0.0134. The van der Waals surface area contributed by atoms with E-state index < -0.39 is 0 Å². The first kappa shape index (κ1) is 12.2. The van der Waals surface area contributed by atoms with E-state index in [0.717, 1.165) is 25.3 Å². The quantitative estimate of drug-likeness (QED) is 0.853. The number of hydrogen-bond acceptors (Lipinski definition) is 4. The van der Waals surface area contributed by atoms with Crippen LogP contribution in [-0.4, -0.2) is 31.3 Å². The Morgan fingerprint density at radius 1 is 1.53 bits per heavy atom. The minimum atomic E-state index is 0.431. The first-order chi connectivity index (χ1) is 8.38. The van der Waals surface area contributed by atoms with Gasteiger partial charge in [-0.1, -0.05) is 0 Å². The molecule has 1 aromatic rings. The van der Waals surface area contributed by atoms with Crippen molar-refractivity contribution in [2.45, 2.75) is 31.8 Å². The fraction of sp³-hybridized carbons (Fsp3) is 0.615. The van der Waals surface area contributed by atoms with E-state index in [1.54, 1.807) is 13.3 Å². The van der Waals surface area contributed by atoms with Gasteiger partial charge in [0.1, 0.15) is 0 Å². The molecule has 0 aliphatic carbocycles. The van der Waals surface area contributed by atoms with Crippen LogP contribution in [0.25, 0.3) is 0 Å². The number of rotatable bonds is 5. The van der Waals surface area contributed by atoms with Crippen molar-refractivity contribution < 1.29 is 9.47 Å². The van der Waals surface area contributed by atoms with Crippen molar-refractivity contribution in [1.82, 2.24) is 4.98 Å². The van der Waals surface area contributed by atoms with E-state index in [1.165, 1.54) is 19.3 Å². The van der Waals surface area contributed by atoms with Crippen LogP contribution in [0.4, 0.5) is 5.69 Å². The number of aromatic nitrogens is 1. The molecule has 1 fully saturated rings. The summed E-state index contributed by atoms with van der Waals surface area (Å²) in [5, 5.41) is 3.37. The molecule has 1 atom stereocenters. The second-order valence-electron chi connectivity index (χ2n) is 4.29. The molecule has 4 nitrogen and oxygen atoms in total. The van der Waals surface area contributed by atoms with Gasteiger partial charge in [-0.3, -0.25) is 0 Å². The topological polar surface area (TPSA) is 43.4 Å². The summed E-state index contributed by atoms with van der Waals surface area (Å²) < 4.78 is 10.8. The minimum absolute atomic E-state index is 0.431. The zero-order chi connectivity index (χ0) is 11.9. The number of hydrogen-bond donors (Lipinski definition) is 1. The maximum Gasteiger partial charge on any atom is 0.214 e. The van der Waals surface area contributed by atoms with Crippen molar-refractivity contribution in [3.05, 3.63) is 18.3 Å². The first-order valence-electron chi connectivity index (χ1n) is 6.24. The number of methoxy groups -OCH3 is 1. The molecule has 1 unspecified atom stereocenters. The predicted molar refractivity (Wildman–Crippen MR) is 67.5 cm³/mol. The molecule has 1 N–H and O–H groups in total. The van der Waals surface area contributed by atoms with Gasteiger partial charge in [-0.25, -0.2) is 4.98 Å². The van der Waals surface area contributed by atoms with Gasteiger partial charge in [-0.2, -0.15) is 0 Å². The van der Waals surface area contributed by atoms with Gasteiger partial charge in [0.15, 0.2) is 0 Å². The molecule has 1 aliphatic rings. The van der Waals surface area contributed by atoms with E-state index in [9.17, 15) is 0 Å². The van der Waals surface area contributed by atoms with Crippen LogP contribution in [0, 0.1) is 0 Å². The Morgan fingerprint density at radius 2 is 2.47 bits per heavy atom. The standard InChI is InChI=1S/C13H20N2O2/c1-16-13-10-11(5-7-15-13)14-8-6-12-4-2-3-9-17-12/h5,7,10,12H,2-4,6,8-9H2,1H3,(H,14,15). The Balaban J connectivity index is 1.73. The number of anilines is 1. The Morgan fingerprint density at radius 3 is 3.24 bits per heavy atom. The Kier molecular flexibility index (Phi) is 4.62. The zero-order valence-corrected chi connectivity index (χ0v) is 10.3. The lowest BCUT2D eigenvalue weighted by Crippen LogP contribution is -2.21. The first-order valence-corrected chi connectivity index (χ1v) is 6.24. The van der Waals surface area contributed by atoms with Crippen molar-refractivity contribution in [1.29, 1.82) is 0 Å². The van der Waals surface area contributed by atoms with Crippen LogP contribution < -0.4 is 10.1 Å². The molecule has 2 heterocycles. The molecule has 0 radical (unpaired) electrons. The SMILES string of the molecule is COc1cc(NCCC2CCCCO2)ccn1.